The van der Waals surface area contributed by atoms with Gasteiger partial charge in [0.25, 0.3) is 0 Å². The monoisotopic (exact) mass is 243 g/mol. The standard InChI is InChI=1S/C11H18ClN3O/c1-4-13-6-8(3)11(16)10-9(12)7-14-15(10)5-2/h7-8,13H,4-6H2,1-3H3. The van der Waals surface area contributed by atoms with E-state index in [9.17, 15) is 4.79 Å². The number of ketones is 1. The third-order valence-electron chi connectivity index (χ3n) is 2.48. The summed E-state index contributed by atoms with van der Waals surface area (Å²) in [7, 11) is 0. The van der Waals surface area contributed by atoms with Crippen LogP contribution < -0.4 is 5.32 Å². The van der Waals surface area contributed by atoms with Gasteiger partial charge in [-0.1, -0.05) is 25.4 Å². The summed E-state index contributed by atoms with van der Waals surface area (Å²) in [4.78, 5) is 12.1. The molecular formula is C11H18ClN3O. The molecule has 0 saturated carbocycles. The second kappa shape index (κ2) is 6.01. The van der Waals surface area contributed by atoms with Crippen molar-refractivity contribution >= 4 is 17.4 Å². The van der Waals surface area contributed by atoms with E-state index < -0.39 is 0 Å². The quantitative estimate of drug-likeness (QED) is 0.778. The van der Waals surface area contributed by atoms with Crippen LogP contribution in [-0.2, 0) is 6.54 Å². The maximum absolute atomic E-state index is 12.1. The van der Waals surface area contributed by atoms with E-state index in [1.807, 2.05) is 20.8 Å². The number of hydrogen-bond donors (Lipinski definition) is 1. The van der Waals surface area contributed by atoms with E-state index in [2.05, 4.69) is 10.4 Å². The lowest BCUT2D eigenvalue weighted by Crippen LogP contribution is -2.28. The molecule has 1 aromatic rings. The highest BCUT2D eigenvalue weighted by atomic mass is 35.5. The number of Topliss-reactive ketones (excluding diaryl/α,β-unsaturated/α-hetero) is 1. The Labute approximate surface area is 101 Å². The predicted molar refractivity (Wildman–Crippen MR) is 64.9 cm³/mol. The average molecular weight is 244 g/mol. The summed E-state index contributed by atoms with van der Waals surface area (Å²) in [5, 5.41) is 7.66. The summed E-state index contributed by atoms with van der Waals surface area (Å²) < 4.78 is 1.65. The minimum absolute atomic E-state index is 0.0466. The van der Waals surface area contributed by atoms with Crippen molar-refractivity contribution in [2.45, 2.75) is 27.3 Å². The van der Waals surface area contributed by atoms with Crippen LogP contribution in [0.4, 0.5) is 0 Å². The highest BCUT2D eigenvalue weighted by molar-refractivity contribution is 6.33. The van der Waals surface area contributed by atoms with Gasteiger partial charge < -0.3 is 5.32 Å². The number of nitrogens with zero attached hydrogens (tertiary/aromatic N) is 2. The van der Waals surface area contributed by atoms with Gasteiger partial charge in [-0.3, -0.25) is 9.48 Å². The second-order valence-electron chi connectivity index (χ2n) is 3.73. The van der Waals surface area contributed by atoms with Crippen molar-refractivity contribution in [3.63, 3.8) is 0 Å². The molecule has 0 spiro atoms. The van der Waals surface area contributed by atoms with E-state index in [0.717, 1.165) is 6.54 Å². The molecule has 0 bridgehead atoms. The molecule has 1 N–H and O–H groups in total. The number of hydrogen-bond acceptors (Lipinski definition) is 3. The highest BCUT2D eigenvalue weighted by Gasteiger charge is 2.21. The van der Waals surface area contributed by atoms with Crippen LogP contribution in [0.15, 0.2) is 6.20 Å². The second-order valence-corrected chi connectivity index (χ2v) is 4.14. The number of carbonyl (C=O) groups is 1. The molecule has 0 aliphatic heterocycles. The zero-order chi connectivity index (χ0) is 12.1. The van der Waals surface area contributed by atoms with Crippen molar-refractivity contribution in [2.75, 3.05) is 13.1 Å². The minimum Gasteiger partial charge on any atom is -0.316 e. The Morgan fingerprint density at radius 1 is 1.62 bits per heavy atom. The first-order valence-electron chi connectivity index (χ1n) is 5.58. The summed E-state index contributed by atoms with van der Waals surface area (Å²) in [5.74, 6) is -0.0373. The maximum atomic E-state index is 12.1. The lowest BCUT2D eigenvalue weighted by atomic mass is 10.0. The molecule has 1 unspecified atom stereocenters. The van der Waals surface area contributed by atoms with Crippen molar-refractivity contribution in [3.8, 4) is 0 Å². The summed E-state index contributed by atoms with van der Waals surface area (Å²) in [6, 6.07) is 0. The Bertz CT molecular complexity index is 362. The average Bonchev–Trinajstić information content (AvgIpc) is 2.66. The Kier molecular flexibility index (Phi) is 4.96. The predicted octanol–water partition coefficient (Wildman–Crippen LogP) is 1.98. The molecule has 0 fully saturated rings. The Hall–Kier alpha value is -0.870. The van der Waals surface area contributed by atoms with E-state index in [4.69, 9.17) is 11.6 Å². The zero-order valence-corrected chi connectivity index (χ0v) is 10.7. The van der Waals surface area contributed by atoms with Gasteiger partial charge in [-0.2, -0.15) is 5.10 Å². The lowest BCUT2D eigenvalue weighted by Gasteiger charge is -2.12. The molecule has 90 valence electrons. The fourth-order valence-corrected chi connectivity index (χ4v) is 1.77. The highest BCUT2D eigenvalue weighted by Crippen LogP contribution is 2.18. The Morgan fingerprint density at radius 3 is 2.88 bits per heavy atom. The van der Waals surface area contributed by atoms with Crippen LogP contribution in [0.1, 0.15) is 31.3 Å². The molecule has 0 aliphatic rings. The topological polar surface area (TPSA) is 46.9 Å². The van der Waals surface area contributed by atoms with Gasteiger partial charge in [-0.05, 0) is 13.5 Å². The number of aromatic nitrogens is 2. The molecule has 0 aromatic carbocycles. The van der Waals surface area contributed by atoms with Crippen LogP contribution in [-0.4, -0.2) is 28.7 Å². The van der Waals surface area contributed by atoms with E-state index in [-0.39, 0.29) is 11.7 Å². The number of carbonyl (C=O) groups excluding carboxylic acids is 1. The van der Waals surface area contributed by atoms with Crippen LogP contribution in [0, 0.1) is 5.92 Å². The first-order valence-corrected chi connectivity index (χ1v) is 5.95. The molecular weight excluding hydrogens is 226 g/mol. The summed E-state index contributed by atoms with van der Waals surface area (Å²) in [5.41, 5.74) is 0.523. The third-order valence-corrected chi connectivity index (χ3v) is 2.75. The van der Waals surface area contributed by atoms with Crippen LogP contribution in [0.25, 0.3) is 0 Å². The fourth-order valence-electron chi connectivity index (χ4n) is 1.53. The minimum atomic E-state index is -0.0838. The molecule has 0 radical (unpaired) electrons. The Morgan fingerprint density at radius 2 is 2.31 bits per heavy atom. The molecule has 1 heterocycles. The van der Waals surface area contributed by atoms with Gasteiger partial charge in [0, 0.05) is 19.0 Å². The molecule has 0 amide bonds. The van der Waals surface area contributed by atoms with Crippen molar-refractivity contribution in [2.24, 2.45) is 5.92 Å². The van der Waals surface area contributed by atoms with Crippen LogP contribution >= 0.6 is 11.6 Å². The first kappa shape index (κ1) is 13.2. The van der Waals surface area contributed by atoms with Gasteiger partial charge in [-0.15, -0.1) is 0 Å². The largest absolute Gasteiger partial charge is 0.316 e. The van der Waals surface area contributed by atoms with Crippen molar-refractivity contribution in [1.29, 1.82) is 0 Å². The van der Waals surface area contributed by atoms with E-state index in [1.165, 1.54) is 6.20 Å². The first-order chi connectivity index (χ1) is 7.61. The SMILES string of the molecule is CCNCC(C)C(=O)c1c(Cl)cnn1CC. The maximum Gasteiger partial charge on any atom is 0.186 e. The van der Waals surface area contributed by atoms with E-state index >= 15 is 0 Å². The smallest absolute Gasteiger partial charge is 0.186 e. The Balaban J connectivity index is 2.82. The molecule has 1 aromatic heterocycles. The zero-order valence-electron chi connectivity index (χ0n) is 9.96. The fraction of sp³-hybridized carbons (Fsp3) is 0.636. The molecule has 4 nitrogen and oxygen atoms in total. The third kappa shape index (κ3) is 2.83. The molecule has 0 aliphatic carbocycles. The van der Waals surface area contributed by atoms with Gasteiger partial charge in [-0.25, -0.2) is 0 Å². The van der Waals surface area contributed by atoms with Gasteiger partial charge in [0.1, 0.15) is 5.69 Å². The number of nitrogens with one attached hydrogen (secondary N) is 1. The normalized spacial score (nSPS) is 12.8. The lowest BCUT2D eigenvalue weighted by molar-refractivity contribution is 0.0918. The summed E-state index contributed by atoms with van der Waals surface area (Å²) in [6.45, 7) is 8.03. The van der Waals surface area contributed by atoms with Gasteiger partial charge in [0.15, 0.2) is 5.78 Å². The van der Waals surface area contributed by atoms with Crippen LogP contribution in [0.3, 0.4) is 0 Å². The van der Waals surface area contributed by atoms with Crippen molar-refractivity contribution < 1.29 is 4.79 Å². The number of rotatable bonds is 6. The number of aryl methyl sites for hydroxylation is 1. The van der Waals surface area contributed by atoms with Gasteiger partial charge in [0.2, 0.25) is 0 Å². The van der Waals surface area contributed by atoms with Crippen molar-refractivity contribution in [3.05, 3.63) is 16.9 Å². The molecule has 16 heavy (non-hydrogen) atoms. The van der Waals surface area contributed by atoms with E-state index in [0.29, 0.717) is 23.8 Å². The number of halogens is 1. The summed E-state index contributed by atoms with van der Waals surface area (Å²) in [6.07, 6.45) is 1.53. The molecule has 0 saturated heterocycles. The summed E-state index contributed by atoms with van der Waals surface area (Å²) >= 11 is 5.97. The van der Waals surface area contributed by atoms with Crippen LogP contribution in [0.5, 0.6) is 0 Å². The van der Waals surface area contributed by atoms with E-state index in [1.54, 1.807) is 4.68 Å². The van der Waals surface area contributed by atoms with Crippen LogP contribution in [0.2, 0.25) is 5.02 Å². The van der Waals surface area contributed by atoms with Gasteiger partial charge in [0.05, 0.1) is 11.2 Å². The van der Waals surface area contributed by atoms with Crippen molar-refractivity contribution in [1.82, 2.24) is 15.1 Å². The molecule has 1 rings (SSSR count). The molecule has 5 heteroatoms. The molecule has 1 atom stereocenters. The van der Waals surface area contributed by atoms with Gasteiger partial charge >= 0.3 is 0 Å².